The Balaban J connectivity index is 1.65. The molecular weight excluding hydrogens is 356 g/mol. The number of amides is 1. The van der Waals surface area contributed by atoms with Crippen molar-refractivity contribution in [1.82, 2.24) is 0 Å². The Labute approximate surface area is 166 Å². The first-order valence-corrected chi connectivity index (χ1v) is 9.62. The summed E-state index contributed by atoms with van der Waals surface area (Å²) >= 11 is 0. The van der Waals surface area contributed by atoms with E-state index in [0.717, 1.165) is 37.7 Å². The molecule has 0 unspecified atom stereocenters. The van der Waals surface area contributed by atoms with E-state index in [9.17, 15) is 4.79 Å². The molecule has 6 nitrogen and oxygen atoms in total. The summed E-state index contributed by atoms with van der Waals surface area (Å²) < 4.78 is 16.5. The van der Waals surface area contributed by atoms with Crippen LogP contribution < -0.4 is 19.7 Å². The summed E-state index contributed by atoms with van der Waals surface area (Å²) in [6.45, 7) is 8.02. The van der Waals surface area contributed by atoms with Gasteiger partial charge in [-0.05, 0) is 48.4 Å². The number of methoxy groups -OCH3 is 1. The van der Waals surface area contributed by atoms with Crippen LogP contribution in [0.4, 0.5) is 11.4 Å². The normalized spacial score (nSPS) is 14.1. The molecule has 1 aliphatic rings. The zero-order valence-corrected chi connectivity index (χ0v) is 16.7. The molecule has 3 rings (SSSR count). The highest BCUT2D eigenvalue weighted by Gasteiger charge is 2.14. The largest absolute Gasteiger partial charge is 0.493 e. The average Bonchev–Trinajstić information content (AvgIpc) is 2.73. The van der Waals surface area contributed by atoms with Gasteiger partial charge in [0.1, 0.15) is 0 Å². The minimum absolute atomic E-state index is 0.187. The zero-order chi connectivity index (χ0) is 19.9. The van der Waals surface area contributed by atoms with Gasteiger partial charge in [-0.25, -0.2) is 0 Å². The van der Waals surface area contributed by atoms with Gasteiger partial charge in [0, 0.05) is 30.0 Å². The predicted octanol–water partition coefficient (Wildman–Crippen LogP) is 3.82. The molecule has 1 fully saturated rings. The van der Waals surface area contributed by atoms with Crippen molar-refractivity contribution in [2.75, 3.05) is 50.2 Å². The van der Waals surface area contributed by atoms with Crippen LogP contribution in [0.5, 0.6) is 11.5 Å². The third kappa shape index (κ3) is 5.16. The molecule has 0 saturated carbocycles. The maximum atomic E-state index is 12.6. The molecule has 28 heavy (non-hydrogen) atoms. The second-order valence-electron chi connectivity index (χ2n) is 7.17. The van der Waals surface area contributed by atoms with Crippen molar-refractivity contribution in [3.05, 3.63) is 48.0 Å². The number of hydrogen-bond acceptors (Lipinski definition) is 5. The number of morpholine rings is 1. The Bertz CT molecular complexity index is 784. The summed E-state index contributed by atoms with van der Waals surface area (Å²) in [5.41, 5.74) is 2.40. The van der Waals surface area contributed by atoms with E-state index >= 15 is 0 Å². The van der Waals surface area contributed by atoms with Crippen molar-refractivity contribution in [3.8, 4) is 11.5 Å². The van der Waals surface area contributed by atoms with Crippen molar-refractivity contribution in [3.63, 3.8) is 0 Å². The lowest BCUT2D eigenvalue weighted by molar-refractivity contribution is 0.102. The number of hydrogen-bond donors (Lipinski definition) is 1. The molecule has 1 N–H and O–H groups in total. The van der Waals surface area contributed by atoms with Crippen LogP contribution in [0, 0.1) is 5.92 Å². The minimum atomic E-state index is -0.187. The summed E-state index contributed by atoms with van der Waals surface area (Å²) in [6.07, 6.45) is 0. The highest BCUT2D eigenvalue weighted by Crippen LogP contribution is 2.29. The fraction of sp³-hybridized carbons (Fsp3) is 0.409. The lowest BCUT2D eigenvalue weighted by Crippen LogP contribution is -2.36. The van der Waals surface area contributed by atoms with Gasteiger partial charge in [-0.1, -0.05) is 13.8 Å². The molecule has 1 heterocycles. The monoisotopic (exact) mass is 384 g/mol. The number of carbonyl (C=O) groups excluding carboxylic acids is 1. The third-order valence-electron chi connectivity index (χ3n) is 4.50. The van der Waals surface area contributed by atoms with Gasteiger partial charge in [0.05, 0.1) is 26.9 Å². The van der Waals surface area contributed by atoms with Crippen LogP contribution in [-0.2, 0) is 4.74 Å². The molecule has 6 heteroatoms. The number of carbonyl (C=O) groups is 1. The van der Waals surface area contributed by atoms with Crippen LogP contribution in [0.2, 0.25) is 0 Å². The molecule has 0 bridgehead atoms. The van der Waals surface area contributed by atoms with E-state index in [0.29, 0.717) is 29.6 Å². The summed E-state index contributed by atoms with van der Waals surface area (Å²) in [5, 5.41) is 2.93. The smallest absolute Gasteiger partial charge is 0.255 e. The van der Waals surface area contributed by atoms with Crippen molar-refractivity contribution in [2.45, 2.75) is 13.8 Å². The number of ether oxygens (including phenoxy) is 3. The number of nitrogens with zero attached hydrogens (tertiary/aromatic N) is 1. The fourth-order valence-electron chi connectivity index (χ4n) is 2.96. The molecule has 1 amide bonds. The zero-order valence-electron chi connectivity index (χ0n) is 16.7. The van der Waals surface area contributed by atoms with Gasteiger partial charge in [0.2, 0.25) is 0 Å². The number of rotatable bonds is 7. The maximum absolute atomic E-state index is 12.6. The van der Waals surface area contributed by atoms with Gasteiger partial charge >= 0.3 is 0 Å². The van der Waals surface area contributed by atoms with Gasteiger partial charge in [-0.2, -0.15) is 0 Å². The van der Waals surface area contributed by atoms with Crippen molar-refractivity contribution >= 4 is 17.3 Å². The van der Waals surface area contributed by atoms with Gasteiger partial charge in [0.25, 0.3) is 5.91 Å². The Morgan fingerprint density at radius 3 is 2.46 bits per heavy atom. The maximum Gasteiger partial charge on any atom is 0.255 e. The molecule has 0 atom stereocenters. The molecule has 1 saturated heterocycles. The van der Waals surface area contributed by atoms with Crippen LogP contribution in [0.15, 0.2) is 42.5 Å². The second-order valence-corrected chi connectivity index (χ2v) is 7.17. The summed E-state index contributed by atoms with van der Waals surface area (Å²) in [7, 11) is 1.57. The van der Waals surface area contributed by atoms with Gasteiger partial charge in [0.15, 0.2) is 11.5 Å². The molecule has 1 aliphatic heterocycles. The molecule has 0 radical (unpaired) electrons. The molecule has 0 spiro atoms. The van der Waals surface area contributed by atoms with Gasteiger partial charge in [-0.15, -0.1) is 0 Å². The fourth-order valence-corrected chi connectivity index (χ4v) is 2.96. The van der Waals surface area contributed by atoms with Crippen LogP contribution in [0.3, 0.4) is 0 Å². The van der Waals surface area contributed by atoms with Crippen LogP contribution in [-0.4, -0.2) is 45.9 Å². The topological polar surface area (TPSA) is 60.0 Å². The molecule has 2 aromatic carbocycles. The molecule has 2 aromatic rings. The number of anilines is 2. The van der Waals surface area contributed by atoms with E-state index in [4.69, 9.17) is 14.2 Å². The lowest BCUT2D eigenvalue weighted by Gasteiger charge is -2.28. The highest BCUT2D eigenvalue weighted by molar-refractivity contribution is 6.04. The Hall–Kier alpha value is -2.73. The summed E-state index contributed by atoms with van der Waals surface area (Å²) in [5.74, 6) is 1.42. The standard InChI is InChI=1S/C22H28N2O4/c1-16(2)15-28-20-9-4-17(14-21(20)26-3)22(25)23-18-5-7-19(8-6-18)24-10-12-27-13-11-24/h4-9,14,16H,10-13,15H2,1-3H3,(H,23,25). The molecular formula is C22H28N2O4. The summed E-state index contributed by atoms with van der Waals surface area (Å²) in [6, 6.07) is 13.1. The van der Waals surface area contributed by atoms with Gasteiger partial charge < -0.3 is 24.4 Å². The minimum Gasteiger partial charge on any atom is -0.493 e. The van der Waals surface area contributed by atoms with E-state index in [2.05, 4.69) is 24.1 Å². The van der Waals surface area contributed by atoms with E-state index in [1.807, 2.05) is 24.3 Å². The third-order valence-corrected chi connectivity index (χ3v) is 4.50. The highest BCUT2D eigenvalue weighted by atomic mass is 16.5. The van der Waals surface area contributed by atoms with Crippen LogP contribution in [0.25, 0.3) is 0 Å². The Kier molecular flexibility index (Phi) is 6.76. The summed E-state index contributed by atoms with van der Waals surface area (Å²) in [4.78, 5) is 14.9. The van der Waals surface area contributed by atoms with Crippen LogP contribution in [0.1, 0.15) is 24.2 Å². The van der Waals surface area contributed by atoms with Gasteiger partial charge in [-0.3, -0.25) is 4.79 Å². The lowest BCUT2D eigenvalue weighted by atomic mass is 10.1. The average molecular weight is 384 g/mol. The first-order valence-electron chi connectivity index (χ1n) is 9.62. The molecule has 0 aliphatic carbocycles. The van der Waals surface area contributed by atoms with Crippen molar-refractivity contribution < 1.29 is 19.0 Å². The SMILES string of the molecule is COc1cc(C(=O)Nc2ccc(N3CCOCC3)cc2)ccc1OCC(C)C. The van der Waals surface area contributed by atoms with E-state index < -0.39 is 0 Å². The first-order chi connectivity index (χ1) is 13.6. The van der Waals surface area contributed by atoms with E-state index in [1.54, 1.807) is 25.3 Å². The Morgan fingerprint density at radius 2 is 1.82 bits per heavy atom. The van der Waals surface area contributed by atoms with Crippen LogP contribution >= 0.6 is 0 Å². The van der Waals surface area contributed by atoms with Crippen molar-refractivity contribution in [2.24, 2.45) is 5.92 Å². The Morgan fingerprint density at radius 1 is 1.11 bits per heavy atom. The second kappa shape index (κ2) is 9.46. The molecule has 0 aromatic heterocycles. The first kappa shape index (κ1) is 20.0. The quantitative estimate of drug-likeness (QED) is 0.786. The number of nitrogens with one attached hydrogen (secondary N) is 1. The van der Waals surface area contributed by atoms with E-state index in [1.165, 1.54) is 0 Å². The number of benzene rings is 2. The van der Waals surface area contributed by atoms with E-state index in [-0.39, 0.29) is 5.91 Å². The van der Waals surface area contributed by atoms with Crippen molar-refractivity contribution in [1.29, 1.82) is 0 Å². The predicted molar refractivity (Wildman–Crippen MR) is 111 cm³/mol. The molecule has 150 valence electrons.